The maximum absolute atomic E-state index is 12.7. The maximum Gasteiger partial charge on any atom is 0.262 e. The Kier molecular flexibility index (Phi) is 4.81. The van der Waals surface area contributed by atoms with Crippen LogP contribution in [0, 0.1) is 6.92 Å². The predicted molar refractivity (Wildman–Crippen MR) is 103 cm³/mol. The second-order valence-electron chi connectivity index (χ2n) is 5.73. The summed E-state index contributed by atoms with van der Waals surface area (Å²) in [5.41, 5.74) is 7.58. The Labute approximate surface area is 152 Å². The van der Waals surface area contributed by atoms with Crippen molar-refractivity contribution in [3.8, 4) is 0 Å². The van der Waals surface area contributed by atoms with Crippen molar-refractivity contribution in [1.29, 1.82) is 0 Å². The number of carbonyl (C=O) groups excluding carboxylic acids is 1. The second kappa shape index (κ2) is 7.03. The molecule has 0 aliphatic heterocycles. The molecule has 1 aromatic heterocycles. The Morgan fingerprint density at radius 2 is 1.92 bits per heavy atom. The van der Waals surface area contributed by atoms with E-state index in [9.17, 15) is 9.59 Å². The van der Waals surface area contributed by atoms with E-state index in [2.05, 4.69) is 20.9 Å². The molecule has 6 heteroatoms. The van der Waals surface area contributed by atoms with Crippen molar-refractivity contribution in [2.45, 2.75) is 13.5 Å². The van der Waals surface area contributed by atoms with Gasteiger partial charge >= 0.3 is 0 Å². The Hall–Kier alpha value is -2.73. The van der Waals surface area contributed by atoms with E-state index in [4.69, 9.17) is 5.73 Å². The number of amides is 1. The summed E-state index contributed by atoms with van der Waals surface area (Å²) in [4.78, 5) is 28.6. The minimum absolute atomic E-state index is 0.213. The van der Waals surface area contributed by atoms with E-state index in [1.165, 1.54) is 4.57 Å². The number of rotatable bonds is 4. The first-order valence-corrected chi connectivity index (χ1v) is 8.46. The third-order valence-corrected chi connectivity index (χ3v) is 4.28. The molecule has 0 aliphatic carbocycles. The van der Waals surface area contributed by atoms with Gasteiger partial charge in [-0.3, -0.25) is 14.2 Å². The summed E-state index contributed by atoms with van der Waals surface area (Å²) in [6.07, 6.45) is 3.56. The first-order valence-electron chi connectivity index (χ1n) is 7.67. The summed E-state index contributed by atoms with van der Waals surface area (Å²) in [5, 5.41) is 0.465. The number of hydrogen-bond donors (Lipinski definition) is 1. The van der Waals surface area contributed by atoms with Crippen LogP contribution in [0.3, 0.4) is 0 Å². The zero-order chi connectivity index (χ0) is 18.0. The SMILES string of the molecule is Cc1ccc2c(=O)n(CC(N)=O)c(/C=C/c3ccc(Br)cc3)nc2c1. The minimum atomic E-state index is -0.589. The zero-order valence-corrected chi connectivity index (χ0v) is 15.2. The van der Waals surface area contributed by atoms with Gasteiger partial charge in [-0.25, -0.2) is 4.98 Å². The average molecular weight is 398 g/mol. The molecule has 0 spiro atoms. The molecule has 3 rings (SSSR count). The van der Waals surface area contributed by atoms with Crippen molar-refractivity contribution in [3.05, 3.63) is 74.2 Å². The van der Waals surface area contributed by atoms with Gasteiger partial charge in [0, 0.05) is 4.47 Å². The fourth-order valence-electron chi connectivity index (χ4n) is 2.53. The van der Waals surface area contributed by atoms with Crippen molar-refractivity contribution >= 4 is 44.9 Å². The molecule has 2 N–H and O–H groups in total. The molecule has 0 saturated carbocycles. The van der Waals surface area contributed by atoms with Crippen LogP contribution < -0.4 is 11.3 Å². The fraction of sp³-hybridized carbons (Fsp3) is 0.105. The van der Waals surface area contributed by atoms with Crippen LogP contribution in [0.15, 0.2) is 51.7 Å². The number of carbonyl (C=O) groups is 1. The van der Waals surface area contributed by atoms with Crippen LogP contribution in [0.25, 0.3) is 23.1 Å². The van der Waals surface area contributed by atoms with Gasteiger partial charge in [-0.2, -0.15) is 0 Å². The minimum Gasteiger partial charge on any atom is -0.368 e. The highest BCUT2D eigenvalue weighted by atomic mass is 79.9. The van der Waals surface area contributed by atoms with Gasteiger partial charge in [0.05, 0.1) is 10.9 Å². The number of nitrogens with zero attached hydrogens (tertiary/aromatic N) is 2. The molecule has 0 fully saturated rings. The standard InChI is InChI=1S/C19H16BrN3O2/c1-12-2-8-15-16(10-12)22-18(23(19(15)25)11-17(21)24)9-5-13-3-6-14(20)7-4-13/h2-10H,11H2,1H3,(H2,21,24)/b9-5+. The normalized spacial score (nSPS) is 11.3. The highest BCUT2D eigenvalue weighted by Crippen LogP contribution is 2.15. The molecule has 0 unspecified atom stereocenters. The molecular weight excluding hydrogens is 382 g/mol. The lowest BCUT2D eigenvalue weighted by Gasteiger charge is -2.10. The lowest BCUT2D eigenvalue weighted by atomic mass is 10.1. The van der Waals surface area contributed by atoms with Crippen LogP contribution in [0.4, 0.5) is 0 Å². The summed E-state index contributed by atoms with van der Waals surface area (Å²) in [5.74, 6) is -0.196. The molecule has 5 nitrogen and oxygen atoms in total. The van der Waals surface area contributed by atoms with Crippen LogP contribution in [0.2, 0.25) is 0 Å². The number of hydrogen-bond acceptors (Lipinski definition) is 3. The Morgan fingerprint density at radius 1 is 1.20 bits per heavy atom. The first-order chi connectivity index (χ1) is 11.9. The van der Waals surface area contributed by atoms with Crippen LogP contribution in [-0.4, -0.2) is 15.5 Å². The quantitative estimate of drug-likeness (QED) is 0.734. The second-order valence-corrected chi connectivity index (χ2v) is 6.65. The summed E-state index contributed by atoms with van der Waals surface area (Å²) in [6, 6.07) is 13.1. The van der Waals surface area contributed by atoms with E-state index < -0.39 is 5.91 Å². The lowest BCUT2D eigenvalue weighted by molar-refractivity contribution is -0.118. The van der Waals surface area contributed by atoms with E-state index in [0.29, 0.717) is 16.7 Å². The third kappa shape index (κ3) is 3.85. The summed E-state index contributed by atoms with van der Waals surface area (Å²) < 4.78 is 2.28. The monoisotopic (exact) mass is 397 g/mol. The molecule has 0 saturated heterocycles. The molecule has 0 radical (unpaired) electrons. The van der Waals surface area contributed by atoms with Crippen LogP contribution in [0.1, 0.15) is 17.0 Å². The Bertz CT molecular complexity index is 1040. The van der Waals surface area contributed by atoms with Gasteiger partial charge in [0.15, 0.2) is 0 Å². The summed E-state index contributed by atoms with van der Waals surface area (Å²) in [6.45, 7) is 1.73. The third-order valence-electron chi connectivity index (χ3n) is 3.75. The van der Waals surface area contributed by atoms with Crippen molar-refractivity contribution in [3.63, 3.8) is 0 Å². The van der Waals surface area contributed by atoms with Crippen LogP contribution in [0.5, 0.6) is 0 Å². The average Bonchev–Trinajstić information content (AvgIpc) is 2.57. The molecule has 126 valence electrons. The van der Waals surface area contributed by atoms with Crippen LogP contribution >= 0.6 is 15.9 Å². The number of aryl methyl sites for hydroxylation is 1. The van der Waals surface area contributed by atoms with Gasteiger partial charge in [0.1, 0.15) is 12.4 Å². The largest absolute Gasteiger partial charge is 0.368 e. The highest BCUT2D eigenvalue weighted by Gasteiger charge is 2.11. The van der Waals surface area contributed by atoms with E-state index in [-0.39, 0.29) is 12.1 Å². The number of nitrogens with two attached hydrogens (primary N) is 1. The van der Waals surface area contributed by atoms with Gasteiger partial charge in [-0.1, -0.05) is 40.2 Å². The molecule has 2 aromatic carbocycles. The van der Waals surface area contributed by atoms with Gasteiger partial charge in [0.25, 0.3) is 5.56 Å². The molecule has 0 atom stereocenters. The van der Waals surface area contributed by atoms with Gasteiger partial charge < -0.3 is 5.73 Å². The Morgan fingerprint density at radius 3 is 2.60 bits per heavy atom. The molecule has 1 amide bonds. The van der Waals surface area contributed by atoms with Crippen molar-refractivity contribution in [2.24, 2.45) is 5.73 Å². The van der Waals surface area contributed by atoms with Gasteiger partial charge in [-0.15, -0.1) is 0 Å². The number of aromatic nitrogens is 2. The topological polar surface area (TPSA) is 78.0 Å². The lowest BCUT2D eigenvalue weighted by Crippen LogP contribution is -2.30. The first kappa shape index (κ1) is 17.1. The molecule has 0 aliphatic rings. The van der Waals surface area contributed by atoms with Gasteiger partial charge in [-0.05, 0) is 48.4 Å². The van der Waals surface area contributed by atoms with E-state index in [0.717, 1.165) is 15.6 Å². The molecule has 0 bridgehead atoms. The maximum atomic E-state index is 12.7. The fourth-order valence-corrected chi connectivity index (χ4v) is 2.79. The zero-order valence-electron chi connectivity index (χ0n) is 13.6. The van der Waals surface area contributed by atoms with Crippen LogP contribution in [-0.2, 0) is 11.3 Å². The molecular formula is C19H16BrN3O2. The number of fused-ring (bicyclic) bond motifs is 1. The van der Waals surface area contributed by atoms with E-state index >= 15 is 0 Å². The molecule has 1 heterocycles. The van der Waals surface area contributed by atoms with E-state index in [1.807, 2.05) is 49.4 Å². The van der Waals surface area contributed by atoms with Crippen molar-refractivity contribution in [1.82, 2.24) is 9.55 Å². The highest BCUT2D eigenvalue weighted by molar-refractivity contribution is 9.10. The summed E-state index contributed by atoms with van der Waals surface area (Å²) in [7, 11) is 0. The predicted octanol–water partition coefficient (Wildman–Crippen LogP) is 3.12. The number of primary amides is 1. The summed E-state index contributed by atoms with van der Waals surface area (Å²) >= 11 is 3.39. The molecule has 3 aromatic rings. The Balaban J connectivity index is 2.15. The number of benzene rings is 2. The smallest absolute Gasteiger partial charge is 0.262 e. The van der Waals surface area contributed by atoms with Gasteiger partial charge in [0.2, 0.25) is 5.91 Å². The van der Waals surface area contributed by atoms with E-state index in [1.54, 1.807) is 12.1 Å². The molecule has 25 heavy (non-hydrogen) atoms. The van der Waals surface area contributed by atoms with Crippen molar-refractivity contribution in [2.75, 3.05) is 0 Å². The van der Waals surface area contributed by atoms with Crippen molar-refractivity contribution < 1.29 is 4.79 Å². The number of halogens is 1.